The lowest BCUT2D eigenvalue weighted by molar-refractivity contribution is -0.130. The van der Waals surface area contributed by atoms with Crippen molar-refractivity contribution in [1.29, 1.82) is 0 Å². The van der Waals surface area contributed by atoms with Crippen molar-refractivity contribution in [3.63, 3.8) is 0 Å². The maximum absolute atomic E-state index is 11.8. The van der Waals surface area contributed by atoms with Crippen molar-refractivity contribution in [1.82, 2.24) is 10.6 Å². The molecule has 0 aromatic heterocycles. The first-order valence-corrected chi connectivity index (χ1v) is 7.63. The zero-order valence-electron chi connectivity index (χ0n) is 12.9. The third-order valence-corrected chi connectivity index (χ3v) is 3.98. The van der Waals surface area contributed by atoms with E-state index in [0.29, 0.717) is 6.04 Å². The fourth-order valence-electron chi connectivity index (χ4n) is 2.42. The minimum atomic E-state index is -0.136. The number of carbonyl (C=O) groups excluding carboxylic acids is 1. The van der Waals surface area contributed by atoms with E-state index in [1.807, 2.05) is 13.8 Å². The number of hydrogen-bond donors (Lipinski definition) is 2. The van der Waals surface area contributed by atoms with Crippen LogP contribution in [0.1, 0.15) is 59.8 Å². The van der Waals surface area contributed by atoms with Gasteiger partial charge in [0.2, 0.25) is 5.91 Å². The number of rotatable bonds is 7. The second-order valence-electron chi connectivity index (χ2n) is 6.13. The largest absolute Gasteiger partial charge is 0.368 e. The predicted octanol–water partition coefficient (Wildman–Crippen LogP) is 2.23. The third kappa shape index (κ3) is 6.39. The fraction of sp³-hybridized carbons (Fsp3) is 0.933. The van der Waals surface area contributed by atoms with Gasteiger partial charge in [0.1, 0.15) is 6.61 Å². The molecule has 0 bridgehead atoms. The van der Waals surface area contributed by atoms with Crippen molar-refractivity contribution in [2.24, 2.45) is 0 Å². The van der Waals surface area contributed by atoms with Crippen LogP contribution in [0.2, 0.25) is 0 Å². The molecule has 4 heteroatoms. The molecule has 1 saturated carbocycles. The molecule has 1 fully saturated rings. The first-order valence-electron chi connectivity index (χ1n) is 7.63. The Balaban J connectivity index is 2.18. The molecule has 0 radical (unpaired) electrons. The van der Waals surface area contributed by atoms with Gasteiger partial charge < -0.3 is 15.4 Å². The van der Waals surface area contributed by atoms with Crippen LogP contribution in [0.3, 0.4) is 0 Å². The van der Waals surface area contributed by atoms with Crippen LogP contribution in [-0.4, -0.2) is 36.7 Å². The maximum atomic E-state index is 11.8. The standard InChI is InChI=1S/C15H30N2O2/c1-5-15(3,4)17-14(18)11-19-13-9-7-12(8-10-13)16-6-2/h12-13,16H,5-11H2,1-4H3,(H,17,18). The molecular weight excluding hydrogens is 240 g/mol. The van der Waals surface area contributed by atoms with Gasteiger partial charge in [0.25, 0.3) is 0 Å². The molecule has 0 aromatic rings. The average molecular weight is 270 g/mol. The first kappa shape index (κ1) is 16.4. The van der Waals surface area contributed by atoms with Gasteiger partial charge in [-0.1, -0.05) is 13.8 Å². The van der Waals surface area contributed by atoms with Gasteiger partial charge in [0.15, 0.2) is 0 Å². The Morgan fingerprint density at radius 1 is 1.21 bits per heavy atom. The van der Waals surface area contributed by atoms with Crippen molar-refractivity contribution in [3.05, 3.63) is 0 Å². The molecule has 0 unspecified atom stereocenters. The van der Waals surface area contributed by atoms with Gasteiger partial charge in [-0.15, -0.1) is 0 Å². The number of carbonyl (C=O) groups is 1. The molecule has 1 aliphatic carbocycles. The number of amides is 1. The molecule has 1 amide bonds. The molecule has 2 N–H and O–H groups in total. The second kappa shape index (κ2) is 7.85. The summed E-state index contributed by atoms with van der Waals surface area (Å²) in [5.41, 5.74) is -0.136. The minimum Gasteiger partial charge on any atom is -0.368 e. The Kier molecular flexibility index (Phi) is 6.80. The summed E-state index contributed by atoms with van der Waals surface area (Å²) in [5, 5.41) is 6.47. The van der Waals surface area contributed by atoms with Crippen molar-refractivity contribution < 1.29 is 9.53 Å². The Morgan fingerprint density at radius 3 is 2.37 bits per heavy atom. The summed E-state index contributed by atoms with van der Waals surface area (Å²) in [7, 11) is 0. The summed E-state index contributed by atoms with van der Waals surface area (Å²) in [5.74, 6) is 0.000608. The highest BCUT2D eigenvalue weighted by Gasteiger charge is 2.23. The molecule has 0 saturated heterocycles. The summed E-state index contributed by atoms with van der Waals surface area (Å²) in [4.78, 5) is 11.8. The van der Waals surface area contributed by atoms with Gasteiger partial charge in [0, 0.05) is 11.6 Å². The van der Waals surface area contributed by atoms with E-state index in [0.717, 1.165) is 38.6 Å². The van der Waals surface area contributed by atoms with E-state index < -0.39 is 0 Å². The molecule has 1 rings (SSSR count). The van der Waals surface area contributed by atoms with E-state index in [1.165, 1.54) is 0 Å². The summed E-state index contributed by atoms with van der Waals surface area (Å²) < 4.78 is 5.72. The Hall–Kier alpha value is -0.610. The Labute approximate surface area is 117 Å². The maximum Gasteiger partial charge on any atom is 0.246 e. The van der Waals surface area contributed by atoms with Crippen LogP contribution in [0, 0.1) is 0 Å². The molecule has 0 aliphatic heterocycles. The molecular formula is C15H30N2O2. The van der Waals surface area contributed by atoms with Crippen molar-refractivity contribution in [2.45, 2.75) is 77.5 Å². The predicted molar refractivity (Wildman–Crippen MR) is 78.2 cm³/mol. The van der Waals surface area contributed by atoms with Crippen LogP contribution in [-0.2, 0) is 9.53 Å². The van der Waals surface area contributed by atoms with E-state index in [-0.39, 0.29) is 24.2 Å². The van der Waals surface area contributed by atoms with Crippen LogP contribution in [0.25, 0.3) is 0 Å². The van der Waals surface area contributed by atoms with Gasteiger partial charge in [-0.25, -0.2) is 0 Å². The quantitative estimate of drug-likeness (QED) is 0.746. The van der Waals surface area contributed by atoms with E-state index in [2.05, 4.69) is 24.5 Å². The number of hydrogen-bond acceptors (Lipinski definition) is 3. The normalized spacial score (nSPS) is 24.2. The highest BCUT2D eigenvalue weighted by atomic mass is 16.5. The van der Waals surface area contributed by atoms with Crippen molar-refractivity contribution in [3.8, 4) is 0 Å². The monoisotopic (exact) mass is 270 g/mol. The zero-order valence-corrected chi connectivity index (χ0v) is 12.9. The molecule has 0 heterocycles. The average Bonchev–Trinajstić information content (AvgIpc) is 2.38. The van der Waals surface area contributed by atoms with Crippen LogP contribution in [0.5, 0.6) is 0 Å². The molecule has 0 spiro atoms. The lowest BCUT2D eigenvalue weighted by Gasteiger charge is -2.29. The van der Waals surface area contributed by atoms with Gasteiger partial charge in [0.05, 0.1) is 6.10 Å². The topological polar surface area (TPSA) is 50.4 Å². The lowest BCUT2D eigenvalue weighted by Crippen LogP contribution is -2.45. The minimum absolute atomic E-state index is 0.000608. The van der Waals surface area contributed by atoms with Crippen LogP contribution in [0.15, 0.2) is 0 Å². The molecule has 4 nitrogen and oxygen atoms in total. The van der Waals surface area contributed by atoms with E-state index in [9.17, 15) is 4.79 Å². The van der Waals surface area contributed by atoms with Crippen LogP contribution >= 0.6 is 0 Å². The molecule has 1 aliphatic rings. The highest BCUT2D eigenvalue weighted by Crippen LogP contribution is 2.21. The Morgan fingerprint density at radius 2 is 1.84 bits per heavy atom. The molecule has 0 aromatic carbocycles. The van der Waals surface area contributed by atoms with Crippen molar-refractivity contribution >= 4 is 5.91 Å². The van der Waals surface area contributed by atoms with Gasteiger partial charge in [-0.2, -0.15) is 0 Å². The smallest absolute Gasteiger partial charge is 0.246 e. The lowest BCUT2D eigenvalue weighted by atomic mass is 9.93. The summed E-state index contributed by atoms with van der Waals surface area (Å²) >= 11 is 0. The Bertz CT molecular complexity index is 271. The number of ether oxygens (including phenoxy) is 1. The van der Waals surface area contributed by atoms with E-state index in [1.54, 1.807) is 0 Å². The van der Waals surface area contributed by atoms with Gasteiger partial charge >= 0.3 is 0 Å². The van der Waals surface area contributed by atoms with Crippen LogP contribution in [0.4, 0.5) is 0 Å². The van der Waals surface area contributed by atoms with Crippen LogP contribution < -0.4 is 10.6 Å². The number of nitrogens with one attached hydrogen (secondary N) is 2. The van der Waals surface area contributed by atoms with Gasteiger partial charge in [-0.3, -0.25) is 4.79 Å². The second-order valence-corrected chi connectivity index (χ2v) is 6.13. The molecule has 112 valence electrons. The van der Waals surface area contributed by atoms with E-state index >= 15 is 0 Å². The summed E-state index contributed by atoms with van der Waals surface area (Å²) in [6, 6.07) is 0.637. The van der Waals surface area contributed by atoms with E-state index in [4.69, 9.17) is 4.74 Å². The highest BCUT2D eigenvalue weighted by molar-refractivity contribution is 5.77. The molecule has 0 atom stereocenters. The SMILES string of the molecule is CCNC1CCC(OCC(=O)NC(C)(C)CC)CC1. The zero-order chi connectivity index (χ0) is 14.3. The van der Waals surface area contributed by atoms with Gasteiger partial charge in [-0.05, 0) is 52.5 Å². The molecule has 19 heavy (non-hydrogen) atoms. The summed E-state index contributed by atoms with van der Waals surface area (Å²) in [6.07, 6.45) is 5.60. The first-order chi connectivity index (χ1) is 8.96. The van der Waals surface area contributed by atoms with Crippen molar-refractivity contribution in [2.75, 3.05) is 13.2 Å². The fourth-order valence-corrected chi connectivity index (χ4v) is 2.42. The summed E-state index contributed by atoms with van der Waals surface area (Å²) in [6.45, 7) is 9.51. The third-order valence-electron chi connectivity index (χ3n) is 3.98.